The molecule has 0 atom stereocenters. The van der Waals surface area contributed by atoms with E-state index < -0.39 is 0 Å². The lowest BCUT2D eigenvalue weighted by atomic mass is 10.1. The second-order valence-corrected chi connectivity index (χ2v) is 9.91. The third-order valence-electron chi connectivity index (χ3n) is 6.38. The van der Waals surface area contributed by atoms with E-state index >= 15 is 0 Å². The molecule has 1 aromatic heterocycles. The smallest absolute Gasteiger partial charge is 0.254 e. The van der Waals surface area contributed by atoms with E-state index in [4.69, 9.17) is 4.74 Å². The molecule has 0 aliphatic heterocycles. The number of aromatic nitrogens is 1. The molecule has 6 nitrogen and oxygen atoms in total. The average molecular weight is 563 g/mol. The molecule has 2 amide bonds. The Morgan fingerprint density at radius 3 is 2.38 bits per heavy atom. The minimum Gasteiger partial charge on any atom is -0.385 e. The van der Waals surface area contributed by atoms with Crippen molar-refractivity contribution in [2.45, 2.75) is 19.4 Å². The quantitative estimate of drug-likeness (QED) is 0.226. The second kappa shape index (κ2) is 13.2. The fraction of sp³-hybridized carbons (Fsp3) is 0.267. The molecular weight excluding hydrogens is 530 g/mol. The number of amides is 2. The molecule has 37 heavy (non-hydrogen) atoms. The number of benzene rings is 3. The summed E-state index contributed by atoms with van der Waals surface area (Å²) in [7, 11) is 1.64. The van der Waals surface area contributed by atoms with Gasteiger partial charge in [-0.3, -0.25) is 9.59 Å². The van der Waals surface area contributed by atoms with Crippen LogP contribution in [0.15, 0.2) is 89.5 Å². The summed E-state index contributed by atoms with van der Waals surface area (Å²) in [5, 5.41) is 1.17. The van der Waals surface area contributed by atoms with Crippen LogP contribution in [0.3, 0.4) is 0 Å². The number of carbonyl (C=O) groups is 2. The van der Waals surface area contributed by atoms with Crippen LogP contribution in [0.2, 0.25) is 0 Å². The number of ether oxygens (including phenoxy) is 1. The first-order valence-corrected chi connectivity index (χ1v) is 13.2. The van der Waals surface area contributed by atoms with Crippen molar-refractivity contribution < 1.29 is 14.3 Å². The van der Waals surface area contributed by atoms with E-state index in [0.717, 1.165) is 15.6 Å². The molecule has 4 aromatic rings. The molecule has 4 rings (SSSR count). The van der Waals surface area contributed by atoms with Crippen LogP contribution < -0.4 is 0 Å². The number of methoxy groups -OCH3 is 1. The van der Waals surface area contributed by atoms with Gasteiger partial charge in [-0.05, 0) is 54.3 Å². The van der Waals surface area contributed by atoms with Gasteiger partial charge in [0.25, 0.3) is 5.91 Å². The van der Waals surface area contributed by atoms with Gasteiger partial charge in [-0.1, -0.05) is 64.5 Å². The summed E-state index contributed by atoms with van der Waals surface area (Å²) in [5.41, 5.74) is 3.87. The number of H-pyrrole nitrogens is 1. The Bertz CT molecular complexity index is 1300. The van der Waals surface area contributed by atoms with Crippen molar-refractivity contribution >= 4 is 38.6 Å². The highest BCUT2D eigenvalue weighted by molar-refractivity contribution is 9.10. The number of fused-ring (bicyclic) bond motifs is 1. The Kier molecular flexibility index (Phi) is 9.52. The third-order valence-corrected chi connectivity index (χ3v) is 6.90. The van der Waals surface area contributed by atoms with E-state index in [1.165, 1.54) is 10.9 Å². The molecule has 7 heteroatoms. The van der Waals surface area contributed by atoms with Crippen molar-refractivity contribution in [1.82, 2.24) is 14.8 Å². The fourth-order valence-electron chi connectivity index (χ4n) is 4.38. The second-order valence-electron chi connectivity index (χ2n) is 8.99. The predicted octanol–water partition coefficient (Wildman–Crippen LogP) is 5.68. The summed E-state index contributed by atoms with van der Waals surface area (Å²) in [4.78, 5) is 33.8. The third kappa shape index (κ3) is 7.31. The summed E-state index contributed by atoms with van der Waals surface area (Å²) in [6.07, 6.45) is 3.39. The predicted molar refractivity (Wildman–Crippen MR) is 150 cm³/mol. The molecular formula is C30H32BrN3O3. The zero-order valence-corrected chi connectivity index (χ0v) is 22.6. The summed E-state index contributed by atoms with van der Waals surface area (Å²) in [6.45, 7) is 2.01. The van der Waals surface area contributed by atoms with Crippen LogP contribution in [-0.2, 0) is 22.5 Å². The van der Waals surface area contributed by atoms with E-state index in [0.29, 0.717) is 44.6 Å². The van der Waals surface area contributed by atoms with Gasteiger partial charge in [-0.15, -0.1) is 0 Å². The molecule has 192 valence electrons. The maximum atomic E-state index is 13.7. The van der Waals surface area contributed by atoms with Crippen LogP contribution >= 0.6 is 15.9 Å². The van der Waals surface area contributed by atoms with Crippen LogP contribution in [-0.4, -0.2) is 59.9 Å². The summed E-state index contributed by atoms with van der Waals surface area (Å²) in [6, 6.07) is 25.4. The fourth-order valence-corrected chi connectivity index (χ4v) is 4.64. The first-order chi connectivity index (χ1) is 18.0. The highest BCUT2D eigenvalue weighted by atomic mass is 79.9. The van der Waals surface area contributed by atoms with Gasteiger partial charge in [-0.2, -0.15) is 0 Å². The number of nitrogens with zero attached hydrogens (tertiary/aromatic N) is 2. The number of rotatable bonds is 12. The Labute approximate surface area is 226 Å². The Morgan fingerprint density at radius 2 is 1.62 bits per heavy atom. The van der Waals surface area contributed by atoms with E-state index in [-0.39, 0.29) is 18.4 Å². The molecule has 0 aliphatic carbocycles. The topological polar surface area (TPSA) is 65.6 Å². The van der Waals surface area contributed by atoms with Crippen molar-refractivity contribution in [3.8, 4) is 0 Å². The van der Waals surface area contributed by atoms with Crippen molar-refractivity contribution in [3.05, 3.63) is 106 Å². The minimum atomic E-state index is -0.159. The van der Waals surface area contributed by atoms with Crippen LogP contribution in [0.1, 0.15) is 27.9 Å². The van der Waals surface area contributed by atoms with Gasteiger partial charge in [0.1, 0.15) is 6.54 Å². The summed E-state index contributed by atoms with van der Waals surface area (Å²) in [5.74, 6) is -0.236. The van der Waals surface area contributed by atoms with Crippen LogP contribution in [0.4, 0.5) is 0 Å². The molecule has 0 unspecified atom stereocenters. The number of carbonyl (C=O) groups excluding carboxylic acids is 2. The van der Waals surface area contributed by atoms with Crippen molar-refractivity contribution in [3.63, 3.8) is 0 Å². The highest BCUT2D eigenvalue weighted by Gasteiger charge is 2.23. The van der Waals surface area contributed by atoms with E-state index in [1.54, 1.807) is 24.1 Å². The first-order valence-electron chi connectivity index (χ1n) is 12.5. The number of nitrogens with one attached hydrogen (secondary N) is 1. The Hall–Kier alpha value is -3.42. The van der Waals surface area contributed by atoms with E-state index in [2.05, 4.69) is 33.0 Å². The standard InChI is InChI=1S/C30H32BrN3O3/c1-37-19-7-17-34(30(36)24-12-14-26(31)15-13-24)22-29(35)33(21-23-8-3-2-4-9-23)18-16-25-20-32-28-11-6-5-10-27(25)28/h2-6,8-15,20,32H,7,16-19,21-22H2,1H3. The number of hydrogen-bond donors (Lipinski definition) is 1. The summed E-state index contributed by atoms with van der Waals surface area (Å²) >= 11 is 3.42. The zero-order valence-electron chi connectivity index (χ0n) is 21.0. The zero-order chi connectivity index (χ0) is 26.0. The van der Waals surface area contributed by atoms with Gasteiger partial charge >= 0.3 is 0 Å². The van der Waals surface area contributed by atoms with Gasteiger partial charge in [0.2, 0.25) is 5.91 Å². The van der Waals surface area contributed by atoms with Gasteiger partial charge in [-0.25, -0.2) is 0 Å². The maximum absolute atomic E-state index is 13.7. The molecule has 0 bridgehead atoms. The minimum absolute atomic E-state index is 0.0132. The first kappa shape index (κ1) is 26.6. The molecule has 3 aromatic carbocycles. The average Bonchev–Trinajstić information content (AvgIpc) is 3.34. The molecule has 0 radical (unpaired) electrons. The normalized spacial score (nSPS) is 11.0. The van der Waals surface area contributed by atoms with Crippen molar-refractivity contribution in [1.29, 1.82) is 0 Å². The van der Waals surface area contributed by atoms with Crippen LogP contribution in [0.25, 0.3) is 10.9 Å². The molecule has 0 aliphatic rings. The van der Waals surface area contributed by atoms with Crippen molar-refractivity contribution in [2.75, 3.05) is 33.4 Å². The Balaban J connectivity index is 1.52. The van der Waals surface area contributed by atoms with E-state index in [9.17, 15) is 9.59 Å². The number of halogens is 1. The van der Waals surface area contributed by atoms with Gasteiger partial charge in [0, 0.05) is 60.5 Å². The Morgan fingerprint density at radius 1 is 0.892 bits per heavy atom. The molecule has 0 saturated heterocycles. The van der Waals surface area contributed by atoms with Crippen LogP contribution in [0.5, 0.6) is 0 Å². The lowest BCUT2D eigenvalue weighted by Gasteiger charge is -2.28. The lowest BCUT2D eigenvalue weighted by Crippen LogP contribution is -2.44. The van der Waals surface area contributed by atoms with Crippen LogP contribution in [0, 0.1) is 0 Å². The highest BCUT2D eigenvalue weighted by Crippen LogP contribution is 2.19. The SMILES string of the molecule is COCCCN(CC(=O)N(CCc1c[nH]c2ccccc12)Cc1ccccc1)C(=O)c1ccc(Br)cc1. The number of aromatic amines is 1. The maximum Gasteiger partial charge on any atom is 0.254 e. The monoisotopic (exact) mass is 561 g/mol. The van der Waals surface area contributed by atoms with Gasteiger partial charge in [0.15, 0.2) is 0 Å². The number of para-hydroxylation sites is 1. The molecule has 0 saturated carbocycles. The molecule has 0 spiro atoms. The van der Waals surface area contributed by atoms with Gasteiger partial charge in [0.05, 0.1) is 0 Å². The number of hydrogen-bond acceptors (Lipinski definition) is 3. The van der Waals surface area contributed by atoms with E-state index in [1.807, 2.05) is 65.7 Å². The summed E-state index contributed by atoms with van der Waals surface area (Å²) < 4.78 is 6.10. The molecule has 0 fully saturated rings. The molecule has 1 heterocycles. The van der Waals surface area contributed by atoms with Crippen molar-refractivity contribution in [2.24, 2.45) is 0 Å². The lowest BCUT2D eigenvalue weighted by molar-refractivity contribution is -0.132. The van der Waals surface area contributed by atoms with Gasteiger partial charge < -0.3 is 19.5 Å². The molecule has 1 N–H and O–H groups in total. The largest absolute Gasteiger partial charge is 0.385 e.